The number of aromatic amines is 1. The standard InChI is InChI=1S/C36H26N8O4/c1-2-28(45)44-35-30(32(43-44)23-15-19-27(20-16-23)48-25-11-7-4-8-12-25)34(38-21-39-35)40-36(46)29-31(41-42-33(29)37)22-13-17-26(18-14-22)47-24-9-5-3-6-10-24/h2-21H,1H2,(H3,37,41,42)(H,38,39,40,46). The molecule has 7 aromatic rings. The Bertz CT molecular complexity index is 2260. The van der Waals surface area contributed by atoms with Gasteiger partial charge in [-0.15, -0.1) is 0 Å². The summed E-state index contributed by atoms with van der Waals surface area (Å²) in [5, 5.41) is 14.7. The van der Waals surface area contributed by atoms with Gasteiger partial charge in [-0.25, -0.2) is 9.97 Å². The molecule has 4 N–H and O–H groups in total. The second kappa shape index (κ2) is 12.7. The maximum atomic E-state index is 13.8. The normalized spacial score (nSPS) is 10.8. The minimum absolute atomic E-state index is 0.0594. The van der Waals surface area contributed by atoms with Gasteiger partial charge in [0.15, 0.2) is 5.65 Å². The summed E-state index contributed by atoms with van der Waals surface area (Å²) in [4.78, 5) is 35.3. The van der Waals surface area contributed by atoms with Crippen molar-refractivity contribution in [3.8, 4) is 45.5 Å². The summed E-state index contributed by atoms with van der Waals surface area (Å²) in [5.41, 5.74) is 8.44. The fraction of sp³-hybridized carbons (Fsp3) is 0. The first-order valence-electron chi connectivity index (χ1n) is 14.7. The van der Waals surface area contributed by atoms with E-state index in [1.807, 2.05) is 60.7 Å². The van der Waals surface area contributed by atoms with E-state index in [-0.39, 0.29) is 22.8 Å². The lowest BCUT2D eigenvalue weighted by Gasteiger charge is -2.09. The van der Waals surface area contributed by atoms with E-state index in [0.29, 0.717) is 50.9 Å². The van der Waals surface area contributed by atoms with Gasteiger partial charge in [0, 0.05) is 11.1 Å². The average molecular weight is 635 g/mol. The number of nitrogens with one attached hydrogen (secondary N) is 2. The maximum absolute atomic E-state index is 13.8. The minimum Gasteiger partial charge on any atom is -0.457 e. The predicted octanol–water partition coefficient (Wildman–Crippen LogP) is 7.13. The first-order valence-corrected chi connectivity index (χ1v) is 14.7. The van der Waals surface area contributed by atoms with Crippen LogP contribution in [0.4, 0.5) is 11.6 Å². The molecule has 0 saturated carbocycles. The van der Waals surface area contributed by atoms with Crippen LogP contribution in [0.1, 0.15) is 15.2 Å². The molecule has 234 valence electrons. The van der Waals surface area contributed by atoms with E-state index in [1.165, 1.54) is 6.33 Å². The van der Waals surface area contributed by atoms with Gasteiger partial charge in [-0.3, -0.25) is 14.7 Å². The Morgan fingerprint density at radius 2 is 1.29 bits per heavy atom. The molecule has 0 spiro atoms. The Balaban J connectivity index is 1.21. The van der Waals surface area contributed by atoms with E-state index in [0.717, 1.165) is 10.8 Å². The van der Waals surface area contributed by atoms with E-state index in [1.54, 1.807) is 48.5 Å². The van der Waals surface area contributed by atoms with Crippen molar-refractivity contribution in [2.75, 3.05) is 11.1 Å². The second-order valence-corrected chi connectivity index (χ2v) is 10.4. The molecule has 4 aromatic carbocycles. The number of nitrogen functional groups attached to an aromatic ring is 1. The molecular formula is C36H26N8O4. The summed E-state index contributed by atoms with van der Waals surface area (Å²) in [6, 6.07) is 33.0. The molecule has 3 aromatic heterocycles. The zero-order chi connectivity index (χ0) is 33.0. The summed E-state index contributed by atoms with van der Waals surface area (Å²) >= 11 is 0. The lowest BCUT2D eigenvalue weighted by molar-refractivity contribution is 0.0958. The monoisotopic (exact) mass is 634 g/mol. The highest BCUT2D eigenvalue weighted by atomic mass is 16.5. The Kier molecular flexibility index (Phi) is 7.86. The molecule has 48 heavy (non-hydrogen) atoms. The summed E-state index contributed by atoms with van der Waals surface area (Å²) in [5.74, 6) is 1.68. The van der Waals surface area contributed by atoms with E-state index in [2.05, 4.69) is 37.2 Å². The Morgan fingerprint density at radius 1 is 0.750 bits per heavy atom. The number of benzene rings is 4. The van der Waals surface area contributed by atoms with Crippen molar-refractivity contribution in [3.63, 3.8) is 0 Å². The number of nitrogens with two attached hydrogens (primary N) is 1. The van der Waals surface area contributed by atoms with Crippen LogP contribution in [0, 0.1) is 0 Å². The Hall–Kier alpha value is -7.08. The number of rotatable bonds is 9. The van der Waals surface area contributed by atoms with Gasteiger partial charge >= 0.3 is 0 Å². The molecule has 0 unspecified atom stereocenters. The van der Waals surface area contributed by atoms with Gasteiger partial charge in [0.2, 0.25) is 0 Å². The third-order valence-corrected chi connectivity index (χ3v) is 7.31. The van der Waals surface area contributed by atoms with Gasteiger partial charge in [0.25, 0.3) is 11.8 Å². The molecular weight excluding hydrogens is 608 g/mol. The molecule has 12 nitrogen and oxygen atoms in total. The number of aromatic nitrogens is 6. The molecule has 0 fully saturated rings. The molecule has 0 aliphatic rings. The van der Waals surface area contributed by atoms with Crippen molar-refractivity contribution >= 4 is 34.5 Å². The van der Waals surface area contributed by atoms with Crippen LogP contribution in [-0.2, 0) is 0 Å². The van der Waals surface area contributed by atoms with E-state index in [9.17, 15) is 9.59 Å². The first-order chi connectivity index (χ1) is 23.5. The number of para-hydroxylation sites is 2. The highest BCUT2D eigenvalue weighted by Crippen LogP contribution is 2.35. The van der Waals surface area contributed by atoms with Gasteiger partial charge in [0.1, 0.15) is 57.9 Å². The van der Waals surface area contributed by atoms with Crippen molar-refractivity contribution in [2.24, 2.45) is 0 Å². The molecule has 0 bridgehead atoms. The van der Waals surface area contributed by atoms with Crippen LogP contribution < -0.4 is 20.5 Å². The van der Waals surface area contributed by atoms with Crippen LogP contribution in [-0.4, -0.2) is 41.8 Å². The fourth-order valence-corrected chi connectivity index (χ4v) is 5.06. The number of ether oxygens (including phenoxy) is 2. The third kappa shape index (κ3) is 5.84. The number of nitrogens with zero attached hydrogens (tertiary/aromatic N) is 5. The van der Waals surface area contributed by atoms with Crippen molar-refractivity contribution in [1.82, 2.24) is 29.9 Å². The number of hydrogen-bond donors (Lipinski definition) is 3. The summed E-state index contributed by atoms with van der Waals surface area (Å²) < 4.78 is 12.9. The topological polar surface area (TPSA) is 163 Å². The number of carbonyl (C=O) groups excluding carboxylic acids is 2. The smallest absolute Gasteiger partial charge is 0.272 e. The summed E-state index contributed by atoms with van der Waals surface area (Å²) in [6.07, 6.45) is 2.36. The highest BCUT2D eigenvalue weighted by molar-refractivity contribution is 6.15. The van der Waals surface area contributed by atoms with Crippen LogP contribution in [0.2, 0.25) is 0 Å². The zero-order valence-electron chi connectivity index (χ0n) is 25.2. The van der Waals surface area contributed by atoms with E-state index < -0.39 is 11.8 Å². The van der Waals surface area contributed by atoms with Crippen LogP contribution in [0.15, 0.2) is 128 Å². The quantitative estimate of drug-likeness (QED) is 0.140. The van der Waals surface area contributed by atoms with Gasteiger partial charge < -0.3 is 20.5 Å². The van der Waals surface area contributed by atoms with Crippen LogP contribution >= 0.6 is 0 Å². The van der Waals surface area contributed by atoms with Gasteiger partial charge in [0.05, 0.1) is 5.39 Å². The molecule has 0 aliphatic heterocycles. The number of fused-ring (bicyclic) bond motifs is 1. The van der Waals surface area contributed by atoms with E-state index in [4.69, 9.17) is 15.2 Å². The minimum atomic E-state index is -0.582. The number of hydrogen-bond acceptors (Lipinski definition) is 9. The highest BCUT2D eigenvalue weighted by Gasteiger charge is 2.25. The first kappa shape index (κ1) is 29.6. The van der Waals surface area contributed by atoms with E-state index >= 15 is 0 Å². The van der Waals surface area contributed by atoms with Crippen molar-refractivity contribution in [1.29, 1.82) is 0 Å². The molecule has 1 amide bonds. The van der Waals surface area contributed by atoms with Crippen molar-refractivity contribution in [2.45, 2.75) is 0 Å². The number of amides is 1. The second-order valence-electron chi connectivity index (χ2n) is 10.4. The Labute approximate surface area is 273 Å². The van der Waals surface area contributed by atoms with Gasteiger partial charge in [-0.2, -0.15) is 14.9 Å². The van der Waals surface area contributed by atoms with Crippen LogP contribution in [0.5, 0.6) is 23.0 Å². The van der Waals surface area contributed by atoms with Crippen LogP contribution in [0.25, 0.3) is 33.5 Å². The molecule has 12 heteroatoms. The molecule has 0 aliphatic carbocycles. The molecule has 0 saturated heterocycles. The fourth-order valence-electron chi connectivity index (χ4n) is 5.06. The zero-order valence-corrected chi connectivity index (χ0v) is 25.2. The van der Waals surface area contributed by atoms with Crippen LogP contribution in [0.3, 0.4) is 0 Å². The summed E-state index contributed by atoms with van der Waals surface area (Å²) in [6.45, 7) is 3.58. The van der Waals surface area contributed by atoms with Gasteiger partial charge in [-0.1, -0.05) is 43.0 Å². The number of H-pyrrole nitrogens is 1. The molecule has 0 radical (unpaired) electrons. The number of carbonyl (C=O) groups is 2. The van der Waals surface area contributed by atoms with Crippen molar-refractivity contribution < 1.29 is 19.1 Å². The third-order valence-electron chi connectivity index (χ3n) is 7.31. The van der Waals surface area contributed by atoms with Crippen molar-refractivity contribution in [3.05, 3.63) is 134 Å². The number of anilines is 2. The lowest BCUT2D eigenvalue weighted by Crippen LogP contribution is -2.16. The lowest BCUT2D eigenvalue weighted by atomic mass is 10.1. The molecule has 0 atom stereocenters. The Morgan fingerprint density at radius 3 is 1.85 bits per heavy atom. The molecule has 7 rings (SSSR count). The SMILES string of the molecule is C=CC(=O)n1nc(-c2ccc(Oc3ccccc3)cc2)c2c(NC(=O)c3c(-c4ccc(Oc5ccccc5)cc4)n[nH]c3N)ncnc21. The van der Waals surface area contributed by atoms with Gasteiger partial charge in [-0.05, 0) is 78.9 Å². The molecule has 3 heterocycles. The predicted molar refractivity (Wildman–Crippen MR) is 181 cm³/mol. The number of allylic oxidation sites excluding steroid dienone is 1. The average Bonchev–Trinajstić information content (AvgIpc) is 3.71. The maximum Gasteiger partial charge on any atom is 0.272 e. The largest absolute Gasteiger partial charge is 0.457 e. The summed E-state index contributed by atoms with van der Waals surface area (Å²) in [7, 11) is 0.